The molecule has 1 N–H and O–H groups in total. The van der Waals surface area contributed by atoms with E-state index in [0.29, 0.717) is 17.1 Å². The van der Waals surface area contributed by atoms with E-state index in [0.717, 1.165) is 9.29 Å². The molecule has 0 saturated heterocycles. The van der Waals surface area contributed by atoms with Crippen LogP contribution in [-0.2, 0) is 21.4 Å². The lowest BCUT2D eigenvalue weighted by Crippen LogP contribution is -2.43. The number of hydrogen-bond acceptors (Lipinski definition) is 7. The van der Waals surface area contributed by atoms with Crippen molar-refractivity contribution in [2.45, 2.75) is 12.1 Å². The van der Waals surface area contributed by atoms with Gasteiger partial charge >= 0.3 is 15.5 Å². The third-order valence-electron chi connectivity index (χ3n) is 4.57. The number of methoxy groups -OCH3 is 2. The van der Waals surface area contributed by atoms with Crippen molar-refractivity contribution in [3.05, 3.63) is 64.1 Å². The molecular weight excluding hydrogens is 479 g/mol. The second kappa shape index (κ2) is 9.55. The second-order valence-electron chi connectivity index (χ2n) is 6.80. The van der Waals surface area contributed by atoms with E-state index >= 15 is 0 Å². The van der Waals surface area contributed by atoms with E-state index in [-0.39, 0.29) is 16.7 Å². The summed E-state index contributed by atoms with van der Waals surface area (Å²) in [5.74, 6) is -0.604. The fraction of sp³-hybridized carbons (Fsp3) is 0.190. The normalized spacial score (nSPS) is 12.1. The van der Waals surface area contributed by atoms with Crippen LogP contribution in [0.25, 0.3) is 23.2 Å². The van der Waals surface area contributed by atoms with Crippen LogP contribution in [0, 0.1) is 0 Å². The molecule has 34 heavy (non-hydrogen) atoms. The van der Waals surface area contributed by atoms with Gasteiger partial charge in [0.2, 0.25) is 0 Å². The molecule has 3 rings (SSSR count). The van der Waals surface area contributed by atoms with Gasteiger partial charge in [-0.1, -0.05) is 24.3 Å². The zero-order valence-electron chi connectivity index (χ0n) is 17.8. The lowest BCUT2D eigenvalue weighted by atomic mass is 10.1. The number of ether oxygens (including phenoxy) is 2. The summed E-state index contributed by atoms with van der Waals surface area (Å²) in [6.45, 7) is -0.978. The molecule has 0 aliphatic rings. The molecule has 1 heterocycles. The van der Waals surface area contributed by atoms with E-state index in [4.69, 9.17) is 9.47 Å². The van der Waals surface area contributed by atoms with Crippen LogP contribution in [-0.4, -0.2) is 43.6 Å². The highest BCUT2D eigenvalue weighted by Crippen LogP contribution is 2.28. The molecule has 0 saturated carbocycles. The number of rotatable bonds is 7. The molecule has 0 radical (unpaired) electrons. The molecular formula is C21H18F3N3O6S. The fourth-order valence-corrected chi connectivity index (χ4v) is 3.47. The fourth-order valence-electron chi connectivity index (χ4n) is 2.99. The Kier molecular flexibility index (Phi) is 6.96. The molecule has 0 unspecified atom stereocenters. The molecule has 0 atom stereocenters. The van der Waals surface area contributed by atoms with Gasteiger partial charge < -0.3 is 9.47 Å². The van der Waals surface area contributed by atoms with Crippen molar-refractivity contribution < 1.29 is 35.9 Å². The summed E-state index contributed by atoms with van der Waals surface area (Å²) in [4.78, 5) is 29.3. The lowest BCUT2D eigenvalue weighted by Gasteiger charge is -2.13. The Bertz CT molecular complexity index is 1430. The summed E-state index contributed by atoms with van der Waals surface area (Å²) >= 11 is 0. The van der Waals surface area contributed by atoms with Crippen molar-refractivity contribution in [1.29, 1.82) is 0 Å². The number of alkyl halides is 3. The summed E-state index contributed by atoms with van der Waals surface area (Å²) < 4.78 is 72.4. The first kappa shape index (κ1) is 24.8. The maximum absolute atomic E-state index is 13.0. The van der Waals surface area contributed by atoms with Gasteiger partial charge in [0.15, 0.2) is 11.5 Å². The van der Waals surface area contributed by atoms with E-state index < -0.39 is 33.5 Å². The first-order valence-corrected chi connectivity index (χ1v) is 11.0. The van der Waals surface area contributed by atoms with Crippen molar-refractivity contribution in [3.8, 4) is 11.5 Å². The van der Waals surface area contributed by atoms with Gasteiger partial charge in [0.25, 0.3) is 11.5 Å². The Hall–Kier alpha value is -3.87. The van der Waals surface area contributed by atoms with Crippen molar-refractivity contribution in [2.24, 2.45) is 0 Å². The average molecular weight is 497 g/mol. The Labute approximate surface area is 191 Å². The molecule has 0 fully saturated rings. The number of amides is 1. The molecule has 1 aromatic heterocycles. The van der Waals surface area contributed by atoms with Crippen LogP contribution in [0.4, 0.5) is 13.2 Å². The number of nitrogens with zero attached hydrogens (tertiary/aromatic N) is 2. The molecule has 180 valence electrons. The Morgan fingerprint density at radius 3 is 2.41 bits per heavy atom. The first-order chi connectivity index (χ1) is 16.0. The Morgan fingerprint density at radius 1 is 1.09 bits per heavy atom. The van der Waals surface area contributed by atoms with Gasteiger partial charge in [0, 0.05) is 0 Å². The van der Waals surface area contributed by atoms with Crippen molar-refractivity contribution in [1.82, 2.24) is 14.3 Å². The number of para-hydroxylation sites is 2. The summed E-state index contributed by atoms with van der Waals surface area (Å²) in [7, 11) is -2.98. The molecule has 0 spiro atoms. The highest BCUT2D eigenvalue weighted by molar-refractivity contribution is 7.90. The highest BCUT2D eigenvalue weighted by atomic mass is 32.2. The van der Waals surface area contributed by atoms with E-state index in [1.165, 1.54) is 38.5 Å². The van der Waals surface area contributed by atoms with Crippen LogP contribution in [0.5, 0.6) is 11.5 Å². The van der Waals surface area contributed by atoms with E-state index in [1.807, 2.05) is 0 Å². The molecule has 3 aromatic rings. The third-order valence-corrected chi connectivity index (χ3v) is 5.68. The topological polar surface area (TPSA) is 117 Å². The Morgan fingerprint density at radius 2 is 1.76 bits per heavy atom. The van der Waals surface area contributed by atoms with E-state index in [2.05, 4.69) is 4.98 Å². The number of carbonyl (C=O) groups excluding carboxylic acids is 1. The number of carbonyl (C=O) groups is 1. The minimum Gasteiger partial charge on any atom is -0.493 e. The quantitative estimate of drug-likeness (QED) is 0.533. The predicted octanol–water partition coefficient (Wildman–Crippen LogP) is 2.55. The van der Waals surface area contributed by atoms with E-state index in [9.17, 15) is 31.2 Å². The maximum atomic E-state index is 13.0. The predicted molar refractivity (Wildman–Crippen MR) is 118 cm³/mol. The van der Waals surface area contributed by atoms with Gasteiger partial charge in [-0.25, -0.2) is 9.71 Å². The number of aromatic nitrogens is 2. The summed E-state index contributed by atoms with van der Waals surface area (Å²) in [5.41, 5.74) is -5.60. The molecule has 0 aliphatic carbocycles. The van der Waals surface area contributed by atoms with Gasteiger partial charge in [-0.15, -0.1) is 0 Å². The zero-order valence-corrected chi connectivity index (χ0v) is 18.6. The SMILES string of the molecule is COc1ccc(/C=C/c2nc3ccccc3n(CC(=O)NS(=O)(=O)C(F)(F)F)c2=O)cc1OC. The summed E-state index contributed by atoms with van der Waals surface area (Å²) in [6.07, 6.45) is 2.90. The van der Waals surface area contributed by atoms with Gasteiger partial charge in [-0.2, -0.15) is 21.6 Å². The number of hydrogen-bond donors (Lipinski definition) is 1. The number of halogens is 3. The maximum Gasteiger partial charge on any atom is 0.516 e. The average Bonchev–Trinajstić information content (AvgIpc) is 2.78. The minimum absolute atomic E-state index is 0.125. The van der Waals surface area contributed by atoms with Gasteiger partial charge in [0.05, 0.1) is 25.3 Å². The minimum atomic E-state index is -5.92. The highest BCUT2D eigenvalue weighted by Gasteiger charge is 2.47. The molecule has 13 heteroatoms. The van der Waals surface area contributed by atoms with Crippen LogP contribution < -0.4 is 19.8 Å². The smallest absolute Gasteiger partial charge is 0.493 e. The molecule has 0 bridgehead atoms. The molecule has 0 aliphatic heterocycles. The monoisotopic (exact) mass is 497 g/mol. The summed E-state index contributed by atoms with van der Waals surface area (Å²) in [6, 6.07) is 11.1. The number of fused-ring (bicyclic) bond motifs is 1. The van der Waals surface area contributed by atoms with Crippen molar-refractivity contribution in [3.63, 3.8) is 0 Å². The Balaban J connectivity index is 2.01. The molecule has 9 nitrogen and oxygen atoms in total. The second-order valence-corrected chi connectivity index (χ2v) is 8.47. The molecule has 1 amide bonds. The third kappa shape index (κ3) is 5.20. The van der Waals surface area contributed by atoms with Gasteiger partial charge in [-0.05, 0) is 35.9 Å². The van der Waals surface area contributed by atoms with Gasteiger partial charge in [0.1, 0.15) is 12.2 Å². The van der Waals surface area contributed by atoms with Crippen molar-refractivity contribution in [2.75, 3.05) is 14.2 Å². The van der Waals surface area contributed by atoms with E-state index in [1.54, 1.807) is 30.3 Å². The van der Waals surface area contributed by atoms with Gasteiger partial charge in [-0.3, -0.25) is 14.2 Å². The number of nitrogens with one attached hydrogen (secondary N) is 1. The van der Waals surface area contributed by atoms with Crippen LogP contribution in [0.15, 0.2) is 47.3 Å². The number of benzene rings is 2. The largest absolute Gasteiger partial charge is 0.516 e. The first-order valence-electron chi connectivity index (χ1n) is 9.48. The van der Waals surface area contributed by atoms with Crippen LogP contribution in [0.3, 0.4) is 0 Å². The van der Waals surface area contributed by atoms with Crippen LogP contribution in [0.1, 0.15) is 11.3 Å². The van der Waals surface area contributed by atoms with Crippen LogP contribution in [0.2, 0.25) is 0 Å². The molecule has 2 aromatic carbocycles. The zero-order chi connectivity index (χ0) is 25.1. The lowest BCUT2D eigenvalue weighted by molar-refractivity contribution is -0.120. The standard InChI is InChI=1S/C21H18F3N3O6S/c1-32-17-10-8-13(11-18(17)33-2)7-9-15-20(29)27(16-6-4-3-5-14(16)25-15)12-19(28)26-34(30,31)21(22,23)24/h3-11H,12H2,1-2H3,(H,26,28)/b9-7+. The van der Waals surface area contributed by atoms with Crippen molar-refractivity contribution >= 4 is 39.1 Å². The number of sulfonamides is 1. The van der Waals surface area contributed by atoms with Crippen LogP contribution >= 0.6 is 0 Å². The summed E-state index contributed by atoms with van der Waals surface area (Å²) in [5, 5.41) is 0.